The van der Waals surface area contributed by atoms with Crippen molar-refractivity contribution in [3.63, 3.8) is 0 Å². The first-order valence-electron chi connectivity index (χ1n) is 8.43. The van der Waals surface area contributed by atoms with E-state index in [1.807, 2.05) is 62.4 Å². The molecule has 2 aliphatic rings. The second-order valence-corrected chi connectivity index (χ2v) is 6.09. The van der Waals surface area contributed by atoms with E-state index in [0.29, 0.717) is 12.2 Å². The topological polar surface area (TPSA) is 47.6 Å². The number of anilines is 1. The van der Waals surface area contributed by atoms with Gasteiger partial charge in [0.25, 0.3) is 5.91 Å². The van der Waals surface area contributed by atoms with Gasteiger partial charge >= 0.3 is 0 Å². The van der Waals surface area contributed by atoms with Gasteiger partial charge in [-0.05, 0) is 55.8 Å². The Kier molecular flexibility index (Phi) is 3.80. The van der Waals surface area contributed by atoms with Crippen LogP contribution in [0.15, 0.2) is 54.1 Å². The zero-order valence-corrected chi connectivity index (χ0v) is 14.2. The lowest BCUT2D eigenvalue weighted by molar-refractivity contribution is -0.110. The zero-order chi connectivity index (χ0) is 17.4. The molecule has 2 heterocycles. The van der Waals surface area contributed by atoms with Crippen molar-refractivity contribution < 1.29 is 14.3 Å². The standard InChI is InChI=1S/C21H19NO3/c1-3-24-16-8-9-19-17(12-16)18(21(23)22-19)11-15-10-14-6-4-5-7-20(14)25-13(15)2/h4-13H,3H2,1-2H3,(H,22,23)/b18-11-. The Balaban J connectivity index is 1.76. The zero-order valence-electron chi connectivity index (χ0n) is 14.2. The molecule has 25 heavy (non-hydrogen) atoms. The van der Waals surface area contributed by atoms with Gasteiger partial charge in [-0.1, -0.05) is 18.2 Å². The Labute approximate surface area is 146 Å². The van der Waals surface area contributed by atoms with Gasteiger partial charge in [0, 0.05) is 22.4 Å². The first-order valence-corrected chi connectivity index (χ1v) is 8.43. The fourth-order valence-corrected chi connectivity index (χ4v) is 3.16. The molecule has 1 amide bonds. The highest BCUT2D eigenvalue weighted by Crippen LogP contribution is 2.37. The summed E-state index contributed by atoms with van der Waals surface area (Å²) in [5, 5.41) is 2.91. The summed E-state index contributed by atoms with van der Waals surface area (Å²) in [5.74, 6) is 1.53. The van der Waals surface area contributed by atoms with Crippen LogP contribution in [0, 0.1) is 0 Å². The van der Waals surface area contributed by atoms with Gasteiger partial charge in [0.05, 0.1) is 6.61 Å². The molecule has 0 spiro atoms. The lowest BCUT2D eigenvalue weighted by Crippen LogP contribution is -2.18. The lowest BCUT2D eigenvalue weighted by Gasteiger charge is -2.23. The number of rotatable bonds is 3. The van der Waals surface area contributed by atoms with Gasteiger partial charge in [0.2, 0.25) is 0 Å². The summed E-state index contributed by atoms with van der Waals surface area (Å²) in [7, 11) is 0. The van der Waals surface area contributed by atoms with E-state index in [-0.39, 0.29) is 12.0 Å². The second-order valence-electron chi connectivity index (χ2n) is 6.09. The third-order valence-corrected chi connectivity index (χ3v) is 4.41. The van der Waals surface area contributed by atoms with Crippen molar-refractivity contribution in [1.82, 2.24) is 0 Å². The van der Waals surface area contributed by atoms with Gasteiger partial charge in [0.1, 0.15) is 17.6 Å². The van der Waals surface area contributed by atoms with Crippen LogP contribution in [-0.4, -0.2) is 18.6 Å². The Morgan fingerprint density at radius 1 is 1.24 bits per heavy atom. The number of ether oxygens (including phenoxy) is 2. The average molecular weight is 333 g/mol. The minimum atomic E-state index is -0.116. The SMILES string of the molecule is CCOc1ccc2c(c1)/C(=C/C1=Cc3ccccc3OC1C)C(=O)N2. The second kappa shape index (κ2) is 6.13. The molecule has 126 valence electrons. The van der Waals surface area contributed by atoms with Crippen LogP contribution >= 0.6 is 0 Å². The van der Waals surface area contributed by atoms with E-state index in [2.05, 4.69) is 11.4 Å². The number of benzene rings is 2. The fourth-order valence-electron chi connectivity index (χ4n) is 3.16. The van der Waals surface area contributed by atoms with E-state index < -0.39 is 0 Å². The van der Waals surface area contributed by atoms with Gasteiger partial charge in [-0.25, -0.2) is 0 Å². The van der Waals surface area contributed by atoms with E-state index >= 15 is 0 Å². The third kappa shape index (κ3) is 2.80. The van der Waals surface area contributed by atoms with Crippen LogP contribution in [0.1, 0.15) is 25.0 Å². The average Bonchev–Trinajstić information content (AvgIpc) is 2.91. The Morgan fingerprint density at radius 2 is 2.08 bits per heavy atom. The van der Waals surface area contributed by atoms with Crippen molar-refractivity contribution in [3.8, 4) is 11.5 Å². The summed E-state index contributed by atoms with van der Waals surface area (Å²) in [6.45, 7) is 4.52. The molecular weight excluding hydrogens is 314 g/mol. The van der Waals surface area contributed by atoms with Crippen molar-refractivity contribution in [2.45, 2.75) is 20.0 Å². The smallest absolute Gasteiger partial charge is 0.256 e. The summed E-state index contributed by atoms with van der Waals surface area (Å²) < 4.78 is 11.5. The molecule has 1 unspecified atom stereocenters. The van der Waals surface area contributed by atoms with Crippen molar-refractivity contribution >= 4 is 23.2 Å². The van der Waals surface area contributed by atoms with Gasteiger partial charge in [0.15, 0.2) is 0 Å². The molecule has 4 rings (SSSR count). The highest BCUT2D eigenvalue weighted by Gasteiger charge is 2.26. The van der Waals surface area contributed by atoms with Gasteiger partial charge in [-0.3, -0.25) is 4.79 Å². The molecule has 0 radical (unpaired) electrons. The summed E-state index contributed by atoms with van der Waals surface area (Å²) in [6, 6.07) is 13.6. The highest BCUT2D eigenvalue weighted by atomic mass is 16.5. The Morgan fingerprint density at radius 3 is 2.92 bits per heavy atom. The van der Waals surface area contributed by atoms with Crippen molar-refractivity contribution in [2.24, 2.45) is 0 Å². The first kappa shape index (κ1) is 15.5. The van der Waals surface area contributed by atoms with Gasteiger partial charge in [-0.15, -0.1) is 0 Å². The lowest BCUT2D eigenvalue weighted by atomic mass is 9.98. The first-order chi connectivity index (χ1) is 12.2. The number of carbonyl (C=O) groups excluding carboxylic acids is 1. The number of para-hydroxylation sites is 1. The molecule has 0 aliphatic carbocycles. The Bertz CT molecular complexity index is 911. The van der Waals surface area contributed by atoms with Crippen LogP contribution < -0.4 is 14.8 Å². The quantitative estimate of drug-likeness (QED) is 0.853. The molecule has 0 fully saturated rings. The van der Waals surface area contributed by atoms with E-state index in [1.54, 1.807) is 0 Å². The Hall–Kier alpha value is -3.01. The maximum Gasteiger partial charge on any atom is 0.256 e. The van der Waals surface area contributed by atoms with Crippen LogP contribution in [0.25, 0.3) is 11.6 Å². The maximum atomic E-state index is 12.4. The summed E-state index contributed by atoms with van der Waals surface area (Å²) >= 11 is 0. The molecule has 0 bridgehead atoms. The van der Waals surface area contributed by atoms with Crippen molar-refractivity contribution in [2.75, 3.05) is 11.9 Å². The number of hydrogen-bond donors (Lipinski definition) is 1. The highest BCUT2D eigenvalue weighted by molar-refractivity contribution is 6.32. The number of hydrogen-bond acceptors (Lipinski definition) is 3. The number of carbonyl (C=O) groups is 1. The molecule has 2 aromatic carbocycles. The fraction of sp³-hybridized carbons (Fsp3) is 0.190. The van der Waals surface area contributed by atoms with E-state index in [9.17, 15) is 4.79 Å². The molecular formula is C21H19NO3. The molecule has 4 nitrogen and oxygen atoms in total. The molecule has 2 aliphatic heterocycles. The third-order valence-electron chi connectivity index (χ3n) is 4.41. The van der Waals surface area contributed by atoms with Crippen LogP contribution in [0.2, 0.25) is 0 Å². The van der Waals surface area contributed by atoms with E-state index in [0.717, 1.165) is 33.9 Å². The van der Waals surface area contributed by atoms with Crippen LogP contribution in [0.4, 0.5) is 5.69 Å². The monoisotopic (exact) mass is 333 g/mol. The van der Waals surface area contributed by atoms with Crippen LogP contribution in [-0.2, 0) is 4.79 Å². The van der Waals surface area contributed by atoms with E-state index in [4.69, 9.17) is 9.47 Å². The minimum Gasteiger partial charge on any atom is -0.494 e. The molecule has 0 aromatic heterocycles. The number of amides is 1. The molecule has 4 heteroatoms. The maximum absolute atomic E-state index is 12.4. The largest absolute Gasteiger partial charge is 0.494 e. The summed E-state index contributed by atoms with van der Waals surface area (Å²) in [4.78, 5) is 12.4. The van der Waals surface area contributed by atoms with Gasteiger partial charge in [-0.2, -0.15) is 0 Å². The van der Waals surface area contributed by atoms with Crippen molar-refractivity contribution in [3.05, 3.63) is 65.2 Å². The molecule has 1 atom stereocenters. The molecule has 1 N–H and O–H groups in total. The van der Waals surface area contributed by atoms with Crippen molar-refractivity contribution in [1.29, 1.82) is 0 Å². The molecule has 0 saturated heterocycles. The number of fused-ring (bicyclic) bond motifs is 2. The summed E-state index contributed by atoms with van der Waals surface area (Å²) in [5.41, 5.74) is 4.30. The normalized spacial score (nSPS) is 19.6. The van der Waals surface area contributed by atoms with E-state index in [1.165, 1.54) is 0 Å². The predicted molar refractivity (Wildman–Crippen MR) is 98.7 cm³/mol. The summed E-state index contributed by atoms with van der Waals surface area (Å²) in [6.07, 6.45) is 3.88. The van der Waals surface area contributed by atoms with Crippen LogP contribution in [0.3, 0.4) is 0 Å². The minimum absolute atomic E-state index is 0.101. The van der Waals surface area contributed by atoms with Gasteiger partial charge < -0.3 is 14.8 Å². The molecule has 2 aromatic rings. The molecule has 0 saturated carbocycles. The predicted octanol–water partition coefficient (Wildman–Crippen LogP) is 4.29. The number of nitrogens with one attached hydrogen (secondary N) is 1. The van der Waals surface area contributed by atoms with Crippen LogP contribution in [0.5, 0.6) is 11.5 Å².